The third-order valence-corrected chi connectivity index (χ3v) is 3.00. The molecule has 1 aromatic heterocycles. The first-order valence-corrected chi connectivity index (χ1v) is 6.86. The molecule has 0 spiro atoms. The van der Waals surface area contributed by atoms with Gasteiger partial charge < -0.3 is 5.32 Å². The van der Waals surface area contributed by atoms with Crippen molar-refractivity contribution in [3.8, 4) is 0 Å². The van der Waals surface area contributed by atoms with Gasteiger partial charge in [0, 0.05) is 12.2 Å². The fraction of sp³-hybridized carbons (Fsp3) is 0.643. The summed E-state index contributed by atoms with van der Waals surface area (Å²) in [5.74, 6) is 0.730. The van der Waals surface area contributed by atoms with Crippen LogP contribution in [-0.2, 0) is 0 Å². The van der Waals surface area contributed by atoms with Crippen LogP contribution in [0.25, 0.3) is 0 Å². The van der Waals surface area contributed by atoms with Crippen LogP contribution in [0.15, 0.2) is 18.3 Å². The molecule has 0 bridgehead atoms. The summed E-state index contributed by atoms with van der Waals surface area (Å²) in [5, 5.41) is 4.26. The van der Waals surface area contributed by atoms with Crippen molar-refractivity contribution in [2.45, 2.75) is 46.1 Å². The molecule has 0 aliphatic carbocycles. The lowest BCUT2D eigenvalue weighted by Gasteiger charge is -2.19. The first kappa shape index (κ1) is 14.5. The zero-order valence-corrected chi connectivity index (χ0v) is 11.8. The molecule has 1 atom stereocenters. The Kier molecular flexibility index (Phi) is 6.53. The van der Waals surface area contributed by atoms with E-state index < -0.39 is 0 Å². The lowest BCUT2D eigenvalue weighted by Crippen LogP contribution is -2.23. The van der Waals surface area contributed by atoms with Crippen molar-refractivity contribution in [3.05, 3.63) is 29.0 Å². The van der Waals surface area contributed by atoms with Gasteiger partial charge in [0.15, 0.2) is 0 Å². The highest BCUT2D eigenvalue weighted by Gasteiger charge is 2.12. The minimum absolute atomic E-state index is 0.356. The highest BCUT2D eigenvalue weighted by atomic mass is 35.5. The Morgan fingerprint density at radius 1 is 1.29 bits per heavy atom. The zero-order chi connectivity index (χ0) is 12.7. The number of hydrogen-bond donors (Lipinski definition) is 1. The van der Waals surface area contributed by atoms with Crippen molar-refractivity contribution in [1.29, 1.82) is 0 Å². The predicted octanol–water partition coefficient (Wildman–Crippen LogP) is 4.21. The monoisotopic (exact) mass is 254 g/mol. The molecule has 0 amide bonds. The molecule has 2 nitrogen and oxygen atoms in total. The van der Waals surface area contributed by atoms with Crippen LogP contribution < -0.4 is 5.32 Å². The quantitative estimate of drug-likeness (QED) is 0.788. The van der Waals surface area contributed by atoms with Crippen molar-refractivity contribution in [3.63, 3.8) is 0 Å². The summed E-state index contributed by atoms with van der Waals surface area (Å²) in [7, 11) is 0. The molecule has 0 fully saturated rings. The van der Waals surface area contributed by atoms with Gasteiger partial charge in [-0.15, -0.1) is 0 Å². The molecule has 0 saturated heterocycles. The maximum atomic E-state index is 5.87. The van der Waals surface area contributed by atoms with Crippen molar-refractivity contribution in [1.82, 2.24) is 10.3 Å². The van der Waals surface area contributed by atoms with E-state index in [1.54, 1.807) is 6.20 Å². The first-order valence-electron chi connectivity index (χ1n) is 6.48. The summed E-state index contributed by atoms with van der Waals surface area (Å²) in [6.45, 7) is 7.73. The maximum absolute atomic E-state index is 5.87. The summed E-state index contributed by atoms with van der Waals surface area (Å²) in [6.07, 6.45) is 5.22. The van der Waals surface area contributed by atoms with Gasteiger partial charge in [0.1, 0.15) is 0 Å². The van der Waals surface area contributed by atoms with Crippen LogP contribution in [0.3, 0.4) is 0 Å². The number of hydrogen-bond acceptors (Lipinski definition) is 2. The molecular formula is C14H23ClN2. The highest BCUT2D eigenvalue weighted by molar-refractivity contribution is 6.30. The Bertz CT molecular complexity index is 309. The number of nitrogens with zero attached hydrogens (tertiary/aromatic N) is 1. The topological polar surface area (TPSA) is 24.9 Å². The standard InChI is InChI=1S/C14H23ClN2/c1-4-9-16-13(7-5-11(2)3)14-8-6-12(15)10-17-14/h6,8,10-11,13,16H,4-5,7,9H2,1-3H3. The van der Waals surface area contributed by atoms with Crippen LogP contribution in [-0.4, -0.2) is 11.5 Å². The molecule has 1 N–H and O–H groups in total. The van der Waals surface area contributed by atoms with Gasteiger partial charge in [-0.1, -0.05) is 32.4 Å². The van der Waals surface area contributed by atoms with Crippen molar-refractivity contribution < 1.29 is 0 Å². The summed E-state index contributed by atoms with van der Waals surface area (Å²) >= 11 is 5.87. The van der Waals surface area contributed by atoms with E-state index in [0.717, 1.165) is 31.0 Å². The van der Waals surface area contributed by atoms with E-state index in [9.17, 15) is 0 Å². The Labute approximate surface area is 110 Å². The third kappa shape index (κ3) is 5.51. The van der Waals surface area contributed by atoms with E-state index in [1.807, 2.05) is 12.1 Å². The summed E-state index contributed by atoms with van der Waals surface area (Å²) in [5.41, 5.74) is 1.10. The number of rotatable bonds is 7. The van der Waals surface area contributed by atoms with Crippen molar-refractivity contribution >= 4 is 11.6 Å². The Morgan fingerprint density at radius 3 is 2.59 bits per heavy atom. The minimum atomic E-state index is 0.356. The van der Waals surface area contributed by atoms with Gasteiger partial charge in [-0.2, -0.15) is 0 Å². The van der Waals surface area contributed by atoms with Crippen LogP contribution >= 0.6 is 11.6 Å². The van der Waals surface area contributed by atoms with Gasteiger partial charge in [-0.05, 0) is 43.9 Å². The fourth-order valence-electron chi connectivity index (χ4n) is 1.77. The molecule has 3 heteroatoms. The molecule has 0 radical (unpaired) electrons. The van der Waals surface area contributed by atoms with Gasteiger partial charge in [-0.3, -0.25) is 4.98 Å². The lowest BCUT2D eigenvalue weighted by atomic mass is 10.0. The Hall–Kier alpha value is -0.600. The molecule has 96 valence electrons. The molecule has 0 aliphatic rings. The van der Waals surface area contributed by atoms with Crippen molar-refractivity contribution in [2.75, 3.05) is 6.54 Å². The molecule has 0 saturated carbocycles. The molecular weight excluding hydrogens is 232 g/mol. The second-order valence-corrected chi connectivity index (χ2v) is 5.32. The van der Waals surface area contributed by atoms with Gasteiger partial charge in [0.25, 0.3) is 0 Å². The van der Waals surface area contributed by atoms with Crippen LogP contribution in [0.4, 0.5) is 0 Å². The first-order chi connectivity index (χ1) is 8.13. The van der Waals surface area contributed by atoms with Crippen LogP contribution in [0.1, 0.15) is 51.8 Å². The highest BCUT2D eigenvalue weighted by Crippen LogP contribution is 2.20. The van der Waals surface area contributed by atoms with E-state index in [2.05, 4.69) is 31.1 Å². The van der Waals surface area contributed by atoms with Crippen LogP contribution in [0.2, 0.25) is 5.02 Å². The average molecular weight is 255 g/mol. The van der Waals surface area contributed by atoms with Gasteiger partial charge in [0.2, 0.25) is 0 Å². The second kappa shape index (κ2) is 7.67. The Morgan fingerprint density at radius 2 is 2.06 bits per heavy atom. The van der Waals surface area contributed by atoms with E-state index >= 15 is 0 Å². The van der Waals surface area contributed by atoms with Crippen molar-refractivity contribution in [2.24, 2.45) is 5.92 Å². The second-order valence-electron chi connectivity index (χ2n) is 4.88. The Balaban J connectivity index is 2.63. The molecule has 0 aromatic carbocycles. The smallest absolute Gasteiger partial charge is 0.0589 e. The van der Waals surface area contributed by atoms with Crippen LogP contribution in [0, 0.1) is 5.92 Å². The van der Waals surface area contributed by atoms with Gasteiger partial charge >= 0.3 is 0 Å². The molecule has 1 rings (SSSR count). The molecule has 17 heavy (non-hydrogen) atoms. The SMILES string of the molecule is CCCNC(CCC(C)C)c1ccc(Cl)cn1. The summed E-state index contributed by atoms with van der Waals surface area (Å²) < 4.78 is 0. The number of nitrogens with one attached hydrogen (secondary N) is 1. The lowest BCUT2D eigenvalue weighted by molar-refractivity contribution is 0.434. The minimum Gasteiger partial charge on any atom is -0.309 e. The van der Waals surface area contributed by atoms with E-state index in [0.29, 0.717) is 11.1 Å². The van der Waals surface area contributed by atoms with Gasteiger partial charge in [-0.25, -0.2) is 0 Å². The molecule has 0 aliphatic heterocycles. The fourth-order valence-corrected chi connectivity index (χ4v) is 1.88. The largest absolute Gasteiger partial charge is 0.309 e. The summed E-state index contributed by atoms with van der Waals surface area (Å²) in [4.78, 5) is 4.42. The molecule has 1 heterocycles. The predicted molar refractivity (Wildman–Crippen MR) is 74.4 cm³/mol. The third-order valence-electron chi connectivity index (χ3n) is 2.78. The average Bonchev–Trinajstić information content (AvgIpc) is 2.30. The van der Waals surface area contributed by atoms with E-state index in [1.165, 1.54) is 6.42 Å². The van der Waals surface area contributed by atoms with Crippen LogP contribution in [0.5, 0.6) is 0 Å². The van der Waals surface area contributed by atoms with E-state index in [-0.39, 0.29) is 0 Å². The van der Waals surface area contributed by atoms with E-state index in [4.69, 9.17) is 11.6 Å². The molecule has 1 unspecified atom stereocenters. The van der Waals surface area contributed by atoms with Gasteiger partial charge in [0.05, 0.1) is 10.7 Å². The normalized spacial score (nSPS) is 13.0. The number of halogens is 1. The number of pyridine rings is 1. The zero-order valence-electron chi connectivity index (χ0n) is 11.0. The number of aromatic nitrogens is 1. The summed E-state index contributed by atoms with van der Waals surface area (Å²) in [6, 6.07) is 4.30. The molecule has 1 aromatic rings. The maximum Gasteiger partial charge on any atom is 0.0589 e.